The van der Waals surface area contributed by atoms with Crippen LogP contribution in [-0.4, -0.2) is 64.4 Å². The summed E-state index contributed by atoms with van der Waals surface area (Å²) in [7, 11) is -0.766. The molecule has 0 radical (unpaired) electrons. The average molecular weight is 544 g/mol. The number of carbonyl (C=O) groups is 2. The van der Waals surface area contributed by atoms with Gasteiger partial charge in [-0.2, -0.15) is 0 Å². The standard InChI is InChI=1S/C27H30FN3O6S/c1-27(2,3)37-26(33)31-12-11-17(15-31)19-13-20-22(14-21(19)30(5)38(6,34)35)36-24(23(20)25(32)29-4)16-7-9-18(28)10-8-16/h7-11,13-14H,12,15H2,1-6H3,(H,29,32). The largest absolute Gasteiger partial charge is 0.455 e. The van der Waals surface area contributed by atoms with Crippen LogP contribution in [0.4, 0.5) is 14.9 Å². The van der Waals surface area contributed by atoms with Gasteiger partial charge >= 0.3 is 6.09 Å². The summed E-state index contributed by atoms with van der Waals surface area (Å²) in [6.45, 7) is 5.79. The van der Waals surface area contributed by atoms with Crippen molar-refractivity contribution in [1.29, 1.82) is 0 Å². The van der Waals surface area contributed by atoms with Gasteiger partial charge < -0.3 is 19.4 Å². The highest BCUT2D eigenvalue weighted by Gasteiger charge is 2.30. The van der Waals surface area contributed by atoms with Crippen LogP contribution in [0.1, 0.15) is 36.7 Å². The summed E-state index contributed by atoms with van der Waals surface area (Å²) < 4.78 is 51.3. The summed E-state index contributed by atoms with van der Waals surface area (Å²) in [6.07, 6.45) is 2.42. The highest BCUT2D eigenvalue weighted by Crippen LogP contribution is 2.40. The maximum Gasteiger partial charge on any atom is 0.410 e. The summed E-state index contributed by atoms with van der Waals surface area (Å²) in [4.78, 5) is 27.2. The smallest absolute Gasteiger partial charge is 0.410 e. The lowest BCUT2D eigenvalue weighted by Gasteiger charge is -2.25. The molecule has 1 aromatic heterocycles. The SMILES string of the molecule is CNC(=O)c1c(-c2ccc(F)cc2)oc2cc(N(C)S(C)(=O)=O)c(C3=CCN(C(=O)OC(C)(C)C)C3)cc12. The minimum Gasteiger partial charge on any atom is -0.455 e. The van der Waals surface area contributed by atoms with Crippen LogP contribution in [-0.2, 0) is 14.8 Å². The number of nitrogens with zero attached hydrogens (tertiary/aromatic N) is 2. The van der Waals surface area contributed by atoms with E-state index in [2.05, 4.69) is 5.32 Å². The molecule has 1 aliphatic rings. The highest BCUT2D eigenvalue weighted by atomic mass is 32.2. The fraction of sp³-hybridized carbons (Fsp3) is 0.333. The predicted molar refractivity (Wildman–Crippen MR) is 144 cm³/mol. The molecule has 0 aliphatic carbocycles. The number of fused-ring (bicyclic) bond motifs is 1. The number of sulfonamides is 1. The molecule has 1 N–H and O–H groups in total. The van der Waals surface area contributed by atoms with E-state index in [4.69, 9.17) is 9.15 Å². The molecule has 0 fully saturated rings. The molecular formula is C27H30FN3O6S. The first-order valence-corrected chi connectivity index (χ1v) is 13.7. The van der Waals surface area contributed by atoms with Gasteiger partial charge in [0.15, 0.2) is 0 Å². The molecule has 3 aromatic rings. The van der Waals surface area contributed by atoms with Gasteiger partial charge in [-0.1, -0.05) is 6.08 Å². The molecule has 1 aliphatic heterocycles. The first-order valence-electron chi connectivity index (χ1n) is 11.9. The van der Waals surface area contributed by atoms with Crippen LogP contribution in [0, 0.1) is 5.82 Å². The Bertz CT molecular complexity index is 1550. The Morgan fingerprint density at radius 2 is 1.82 bits per heavy atom. The quantitative estimate of drug-likeness (QED) is 0.503. The normalized spacial score (nSPS) is 14.0. The Labute approximate surface area is 220 Å². The van der Waals surface area contributed by atoms with Crippen LogP contribution in [0.15, 0.2) is 46.9 Å². The number of nitrogens with one attached hydrogen (secondary N) is 1. The monoisotopic (exact) mass is 543 g/mol. The van der Waals surface area contributed by atoms with E-state index < -0.39 is 33.4 Å². The molecule has 0 saturated heterocycles. The van der Waals surface area contributed by atoms with Gasteiger partial charge in [-0.15, -0.1) is 0 Å². The van der Waals surface area contributed by atoms with Crippen LogP contribution in [0.25, 0.3) is 27.9 Å². The lowest BCUT2D eigenvalue weighted by Crippen LogP contribution is -2.35. The van der Waals surface area contributed by atoms with Crippen molar-refractivity contribution in [3.8, 4) is 11.3 Å². The first kappa shape index (κ1) is 27.2. The van der Waals surface area contributed by atoms with E-state index in [0.29, 0.717) is 27.8 Å². The van der Waals surface area contributed by atoms with Crippen LogP contribution < -0.4 is 9.62 Å². The summed E-state index contributed by atoms with van der Waals surface area (Å²) >= 11 is 0. The number of carbonyl (C=O) groups excluding carboxylic acids is 2. The average Bonchev–Trinajstić information content (AvgIpc) is 3.46. The zero-order chi connectivity index (χ0) is 28.0. The number of halogens is 1. The van der Waals surface area contributed by atoms with Gasteiger partial charge in [0.25, 0.3) is 5.91 Å². The number of hydrogen-bond acceptors (Lipinski definition) is 6. The van der Waals surface area contributed by atoms with Crippen LogP contribution >= 0.6 is 0 Å². The van der Waals surface area contributed by atoms with Crippen molar-refractivity contribution in [3.63, 3.8) is 0 Å². The molecule has 38 heavy (non-hydrogen) atoms. The zero-order valence-electron chi connectivity index (χ0n) is 22.1. The van der Waals surface area contributed by atoms with Crippen molar-refractivity contribution >= 4 is 44.3 Å². The molecule has 0 unspecified atom stereocenters. The Hall–Kier alpha value is -3.86. The van der Waals surface area contributed by atoms with Crippen molar-refractivity contribution in [2.75, 3.05) is 37.7 Å². The van der Waals surface area contributed by atoms with Crippen molar-refractivity contribution in [1.82, 2.24) is 10.2 Å². The molecule has 0 saturated carbocycles. The third kappa shape index (κ3) is 5.38. The summed E-state index contributed by atoms with van der Waals surface area (Å²) in [6, 6.07) is 8.78. The summed E-state index contributed by atoms with van der Waals surface area (Å²) in [5.74, 6) is -0.636. The second-order valence-corrected chi connectivity index (χ2v) is 12.1. The van der Waals surface area contributed by atoms with E-state index in [-0.39, 0.29) is 30.0 Å². The van der Waals surface area contributed by atoms with E-state index in [1.165, 1.54) is 43.3 Å². The van der Waals surface area contributed by atoms with Gasteiger partial charge in [0.05, 0.1) is 17.5 Å². The third-order valence-corrected chi connectivity index (χ3v) is 7.31. The Balaban J connectivity index is 1.89. The van der Waals surface area contributed by atoms with E-state index >= 15 is 0 Å². The van der Waals surface area contributed by atoms with Crippen molar-refractivity contribution in [3.05, 3.63) is 59.4 Å². The minimum atomic E-state index is -3.67. The van der Waals surface area contributed by atoms with Crippen LogP contribution in [0.2, 0.25) is 0 Å². The highest BCUT2D eigenvalue weighted by molar-refractivity contribution is 7.92. The molecule has 2 aromatic carbocycles. The van der Waals surface area contributed by atoms with Gasteiger partial charge in [0, 0.05) is 49.8 Å². The minimum absolute atomic E-state index is 0.184. The lowest BCUT2D eigenvalue weighted by molar-refractivity contribution is 0.0306. The second-order valence-electron chi connectivity index (χ2n) is 10.1. The summed E-state index contributed by atoms with van der Waals surface area (Å²) in [5.41, 5.74) is 1.85. The number of rotatable bonds is 5. The molecule has 0 bridgehead atoms. The van der Waals surface area contributed by atoms with Crippen molar-refractivity contribution in [2.45, 2.75) is 26.4 Å². The van der Waals surface area contributed by atoms with E-state index in [9.17, 15) is 22.4 Å². The van der Waals surface area contributed by atoms with Crippen LogP contribution in [0.5, 0.6) is 0 Å². The van der Waals surface area contributed by atoms with Crippen LogP contribution in [0.3, 0.4) is 0 Å². The van der Waals surface area contributed by atoms with Crippen molar-refractivity contribution < 1.29 is 31.6 Å². The van der Waals surface area contributed by atoms with Gasteiger partial charge in [-0.05, 0) is 56.7 Å². The number of anilines is 1. The molecule has 2 heterocycles. The first-order chi connectivity index (χ1) is 17.7. The Kier molecular flexibility index (Phi) is 7.00. The predicted octanol–water partition coefficient (Wildman–Crippen LogP) is 4.63. The fourth-order valence-corrected chi connectivity index (χ4v) is 4.71. The number of hydrogen-bond donors (Lipinski definition) is 1. The third-order valence-electron chi connectivity index (χ3n) is 6.12. The van der Waals surface area contributed by atoms with E-state index in [0.717, 1.165) is 10.6 Å². The van der Waals surface area contributed by atoms with E-state index in [1.54, 1.807) is 32.9 Å². The number of amides is 2. The van der Waals surface area contributed by atoms with Gasteiger partial charge in [-0.25, -0.2) is 17.6 Å². The molecule has 2 amide bonds. The van der Waals surface area contributed by atoms with Gasteiger partial charge in [0.2, 0.25) is 10.0 Å². The van der Waals surface area contributed by atoms with Gasteiger partial charge in [0.1, 0.15) is 22.8 Å². The zero-order valence-corrected chi connectivity index (χ0v) is 22.9. The molecular weight excluding hydrogens is 513 g/mol. The summed E-state index contributed by atoms with van der Waals surface area (Å²) in [5, 5.41) is 3.06. The van der Waals surface area contributed by atoms with E-state index in [1.807, 2.05) is 6.08 Å². The topological polar surface area (TPSA) is 109 Å². The van der Waals surface area contributed by atoms with Crippen molar-refractivity contribution in [2.24, 2.45) is 0 Å². The maximum absolute atomic E-state index is 13.6. The molecule has 0 spiro atoms. The fourth-order valence-electron chi connectivity index (χ4n) is 4.20. The maximum atomic E-state index is 13.6. The molecule has 202 valence electrons. The Morgan fingerprint density at radius 1 is 1.16 bits per heavy atom. The number of furan rings is 1. The van der Waals surface area contributed by atoms with Gasteiger partial charge in [-0.3, -0.25) is 9.10 Å². The molecule has 9 nitrogen and oxygen atoms in total. The number of ether oxygens (including phenoxy) is 1. The lowest BCUT2D eigenvalue weighted by atomic mass is 9.98. The second kappa shape index (κ2) is 9.79. The molecule has 0 atom stereocenters. The Morgan fingerprint density at radius 3 is 2.39 bits per heavy atom. The number of benzene rings is 2. The molecule has 11 heteroatoms. The molecule has 4 rings (SSSR count).